The Kier molecular flexibility index (Phi) is 5.00. The molecule has 0 aromatic heterocycles. The molecule has 0 amide bonds. The third-order valence-corrected chi connectivity index (χ3v) is 7.58. The predicted octanol–water partition coefficient (Wildman–Crippen LogP) is 4.81. The van der Waals surface area contributed by atoms with Crippen molar-refractivity contribution in [2.45, 2.75) is 85.2 Å². The van der Waals surface area contributed by atoms with Crippen molar-refractivity contribution in [3.8, 4) is 0 Å². The Hall–Kier alpha value is -1.32. The van der Waals surface area contributed by atoms with Crippen LogP contribution in [0.2, 0.25) is 0 Å². The van der Waals surface area contributed by atoms with Gasteiger partial charge in [-0.1, -0.05) is 33.3 Å². The second-order valence-corrected chi connectivity index (χ2v) is 9.75. The molecule has 4 heteroatoms. The number of rotatable bonds is 3. The van der Waals surface area contributed by atoms with Gasteiger partial charge in [0.15, 0.2) is 0 Å². The van der Waals surface area contributed by atoms with Gasteiger partial charge in [0.25, 0.3) is 0 Å². The summed E-state index contributed by atoms with van der Waals surface area (Å²) in [5.41, 5.74) is 0.742. The van der Waals surface area contributed by atoms with Gasteiger partial charge in [0.1, 0.15) is 5.60 Å². The van der Waals surface area contributed by atoms with E-state index in [1.54, 1.807) is 0 Å². The largest absolute Gasteiger partial charge is 0.462 e. The second-order valence-electron chi connectivity index (χ2n) is 9.75. The van der Waals surface area contributed by atoms with Crippen molar-refractivity contribution in [1.82, 2.24) is 0 Å². The quantitative estimate of drug-likeness (QED) is 0.534. The number of esters is 2. The molecule has 0 bridgehead atoms. The first kappa shape index (κ1) is 19.4. The first-order valence-electron chi connectivity index (χ1n) is 10.1. The van der Waals surface area contributed by atoms with Crippen LogP contribution < -0.4 is 0 Å². The molecule has 26 heavy (non-hydrogen) atoms. The molecule has 2 aliphatic carbocycles. The molecule has 1 saturated heterocycles. The van der Waals surface area contributed by atoms with Crippen LogP contribution in [0.5, 0.6) is 0 Å². The first-order chi connectivity index (χ1) is 12.1. The van der Waals surface area contributed by atoms with E-state index in [9.17, 15) is 9.59 Å². The highest BCUT2D eigenvalue weighted by molar-refractivity contribution is 5.90. The topological polar surface area (TPSA) is 52.6 Å². The number of fused-ring (bicyclic) bond motifs is 1. The summed E-state index contributed by atoms with van der Waals surface area (Å²) >= 11 is 0. The van der Waals surface area contributed by atoms with E-state index in [2.05, 4.69) is 33.8 Å². The van der Waals surface area contributed by atoms with Crippen LogP contribution in [0.15, 0.2) is 11.6 Å². The molecule has 0 aromatic rings. The summed E-state index contributed by atoms with van der Waals surface area (Å²) in [6, 6.07) is 0. The molecule has 1 heterocycles. The number of carbonyl (C=O) groups excluding carboxylic acids is 2. The zero-order valence-electron chi connectivity index (χ0n) is 17.0. The lowest BCUT2D eigenvalue weighted by molar-refractivity contribution is -0.197. The zero-order chi connectivity index (χ0) is 19.2. The van der Waals surface area contributed by atoms with Crippen LogP contribution in [0.4, 0.5) is 0 Å². The Morgan fingerprint density at radius 1 is 1.23 bits per heavy atom. The highest BCUT2D eigenvalue weighted by atomic mass is 16.6. The lowest BCUT2D eigenvalue weighted by atomic mass is 9.45. The Bertz CT molecular complexity index is 620. The van der Waals surface area contributed by atoms with Gasteiger partial charge in [-0.3, -0.25) is 4.79 Å². The molecule has 0 radical (unpaired) electrons. The fourth-order valence-electron chi connectivity index (χ4n) is 6.47. The van der Waals surface area contributed by atoms with E-state index in [1.807, 2.05) is 0 Å². The minimum absolute atomic E-state index is 0.115. The summed E-state index contributed by atoms with van der Waals surface area (Å²) in [4.78, 5) is 23.7. The molecule has 0 unspecified atom stereocenters. The smallest absolute Gasteiger partial charge is 0.333 e. The second kappa shape index (κ2) is 6.69. The van der Waals surface area contributed by atoms with E-state index < -0.39 is 5.60 Å². The molecule has 3 rings (SSSR count). The van der Waals surface area contributed by atoms with E-state index >= 15 is 0 Å². The number of ether oxygens (including phenoxy) is 2. The Labute approximate surface area is 157 Å². The highest BCUT2D eigenvalue weighted by Gasteiger charge is 2.59. The third-order valence-electron chi connectivity index (χ3n) is 7.58. The van der Waals surface area contributed by atoms with Crippen molar-refractivity contribution in [3.05, 3.63) is 11.6 Å². The summed E-state index contributed by atoms with van der Waals surface area (Å²) in [5.74, 6) is 0.452. The Morgan fingerprint density at radius 2 is 1.96 bits per heavy atom. The molecule has 4 nitrogen and oxygen atoms in total. The van der Waals surface area contributed by atoms with Crippen molar-refractivity contribution in [1.29, 1.82) is 0 Å². The molecule has 3 aliphatic rings. The number of hydrogen-bond donors (Lipinski definition) is 0. The average molecular weight is 363 g/mol. The molecule has 0 spiro atoms. The lowest BCUT2D eigenvalue weighted by Crippen LogP contribution is -2.58. The maximum atomic E-state index is 11.9. The van der Waals surface area contributed by atoms with Crippen molar-refractivity contribution >= 4 is 11.9 Å². The van der Waals surface area contributed by atoms with Crippen LogP contribution in [0, 0.1) is 22.7 Å². The van der Waals surface area contributed by atoms with Gasteiger partial charge in [0.05, 0.1) is 6.61 Å². The number of carbonyl (C=O) groups is 2. The average Bonchev–Trinajstić information content (AvgIpc) is 2.90. The monoisotopic (exact) mass is 362 g/mol. The van der Waals surface area contributed by atoms with Crippen LogP contribution >= 0.6 is 0 Å². The lowest BCUT2D eigenvalue weighted by Gasteiger charge is -2.61. The van der Waals surface area contributed by atoms with Crippen LogP contribution in [0.25, 0.3) is 0 Å². The molecule has 146 valence electrons. The maximum absolute atomic E-state index is 11.9. The van der Waals surface area contributed by atoms with E-state index in [1.165, 1.54) is 19.8 Å². The van der Waals surface area contributed by atoms with Crippen LogP contribution in [-0.4, -0.2) is 24.1 Å². The molecular weight excluding hydrogens is 328 g/mol. The minimum Gasteiger partial charge on any atom is -0.462 e. The minimum atomic E-state index is -0.468. The van der Waals surface area contributed by atoms with Crippen LogP contribution in [0.1, 0.15) is 79.6 Å². The van der Waals surface area contributed by atoms with Crippen LogP contribution in [-0.2, 0) is 19.1 Å². The van der Waals surface area contributed by atoms with Gasteiger partial charge >= 0.3 is 11.9 Å². The first-order valence-corrected chi connectivity index (χ1v) is 10.1. The fraction of sp³-hybridized carbons (Fsp3) is 0.818. The summed E-state index contributed by atoms with van der Waals surface area (Å²) in [7, 11) is 0. The summed E-state index contributed by atoms with van der Waals surface area (Å²) in [5, 5.41) is 0. The molecule has 3 fully saturated rings. The standard InChI is InChI=1S/C22H34O4/c1-15(23)26-22(5)13-9-17-20(2,3)11-6-12-21(17,4)18(22)8-7-16-10-14-25-19(16)24/h7,17-18H,6,8-14H2,1-5H3/b16-7-/t17-,18+,21-,22+/m0/s1. The normalized spacial score (nSPS) is 40.8. The van der Waals surface area contributed by atoms with E-state index in [4.69, 9.17) is 9.47 Å². The molecular formula is C22H34O4. The number of cyclic esters (lactones) is 1. The van der Waals surface area contributed by atoms with Gasteiger partial charge in [0.2, 0.25) is 0 Å². The summed E-state index contributed by atoms with van der Waals surface area (Å²) < 4.78 is 11.0. The zero-order valence-corrected chi connectivity index (χ0v) is 17.0. The molecule has 1 aliphatic heterocycles. The van der Waals surface area contributed by atoms with E-state index in [-0.39, 0.29) is 23.3 Å². The summed E-state index contributed by atoms with van der Waals surface area (Å²) in [6.07, 6.45) is 9.17. The van der Waals surface area contributed by atoms with Gasteiger partial charge in [-0.2, -0.15) is 0 Å². The highest BCUT2D eigenvalue weighted by Crippen LogP contribution is 2.63. The maximum Gasteiger partial charge on any atom is 0.333 e. The Balaban J connectivity index is 1.96. The van der Waals surface area contributed by atoms with Crippen molar-refractivity contribution in [3.63, 3.8) is 0 Å². The third kappa shape index (κ3) is 3.32. The Morgan fingerprint density at radius 3 is 2.58 bits per heavy atom. The van der Waals surface area contributed by atoms with Gasteiger partial charge < -0.3 is 9.47 Å². The summed E-state index contributed by atoms with van der Waals surface area (Å²) in [6.45, 7) is 11.3. The number of allylic oxidation sites excluding steroid dienone is 1. The fourth-order valence-corrected chi connectivity index (χ4v) is 6.47. The van der Waals surface area contributed by atoms with Crippen molar-refractivity contribution in [2.75, 3.05) is 6.61 Å². The van der Waals surface area contributed by atoms with Gasteiger partial charge in [-0.05, 0) is 55.8 Å². The predicted molar refractivity (Wildman–Crippen MR) is 100 cm³/mol. The molecule has 2 saturated carbocycles. The molecule has 0 aromatic carbocycles. The van der Waals surface area contributed by atoms with E-state index in [0.717, 1.165) is 31.3 Å². The van der Waals surface area contributed by atoms with Gasteiger partial charge in [0, 0.05) is 24.8 Å². The molecule has 4 atom stereocenters. The van der Waals surface area contributed by atoms with Gasteiger partial charge in [-0.25, -0.2) is 4.79 Å². The van der Waals surface area contributed by atoms with E-state index in [0.29, 0.717) is 24.4 Å². The van der Waals surface area contributed by atoms with Crippen LogP contribution in [0.3, 0.4) is 0 Å². The molecule has 0 N–H and O–H groups in total. The van der Waals surface area contributed by atoms with Crippen molar-refractivity contribution < 1.29 is 19.1 Å². The number of hydrogen-bond acceptors (Lipinski definition) is 4. The SMILES string of the molecule is CC(=O)O[C@]1(C)CC[C@H]2C(C)(C)CCC[C@]2(C)[C@H]1C/C=C1/CCOC1=O. The van der Waals surface area contributed by atoms with Crippen molar-refractivity contribution in [2.24, 2.45) is 22.7 Å². The van der Waals surface area contributed by atoms with Gasteiger partial charge in [-0.15, -0.1) is 0 Å².